The molecule has 1 aromatic carbocycles. The number of hydrogen-bond donors (Lipinski definition) is 0. The maximum Gasteiger partial charge on any atom is 0.237 e. The van der Waals surface area contributed by atoms with E-state index in [0.717, 1.165) is 4.90 Å². The topological polar surface area (TPSA) is 84.0 Å². The summed E-state index contributed by atoms with van der Waals surface area (Å²) in [6.07, 6.45) is 0.531. The number of carbonyl (C=O) groups excluding carboxylic acids is 4. The molecular formula is C18H18N2O5. The molecule has 3 aliphatic rings. The third kappa shape index (κ3) is 2.11. The Labute approximate surface area is 144 Å². The number of methoxy groups -OCH3 is 1. The summed E-state index contributed by atoms with van der Waals surface area (Å²) in [4.78, 5) is 52.4. The number of benzene rings is 1. The van der Waals surface area contributed by atoms with Crippen molar-refractivity contribution in [1.29, 1.82) is 0 Å². The van der Waals surface area contributed by atoms with Gasteiger partial charge >= 0.3 is 0 Å². The van der Waals surface area contributed by atoms with E-state index in [4.69, 9.17) is 4.74 Å². The summed E-state index contributed by atoms with van der Waals surface area (Å²) in [5.74, 6) is -2.43. The zero-order chi connectivity index (χ0) is 17.9. The average Bonchev–Trinajstić information content (AvgIpc) is 3.00. The fraction of sp³-hybridized carbons (Fsp3) is 0.444. The normalized spacial score (nSPS) is 31.4. The number of rotatable bonds is 2. The van der Waals surface area contributed by atoms with Gasteiger partial charge in [-0.15, -0.1) is 0 Å². The molecule has 4 atom stereocenters. The van der Waals surface area contributed by atoms with E-state index in [1.165, 1.54) is 11.9 Å². The number of likely N-dealkylation sites (tertiary alicyclic amines) is 1. The number of anilines is 1. The van der Waals surface area contributed by atoms with E-state index >= 15 is 0 Å². The van der Waals surface area contributed by atoms with Crippen LogP contribution in [-0.4, -0.2) is 42.7 Å². The van der Waals surface area contributed by atoms with Crippen LogP contribution in [0.5, 0.6) is 5.75 Å². The Bertz CT molecular complexity index is 745. The Kier molecular flexibility index (Phi) is 3.42. The van der Waals surface area contributed by atoms with Gasteiger partial charge in [0.1, 0.15) is 5.75 Å². The number of hydrogen-bond acceptors (Lipinski definition) is 5. The van der Waals surface area contributed by atoms with Gasteiger partial charge in [-0.1, -0.05) is 0 Å². The third-order valence-corrected chi connectivity index (χ3v) is 5.69. The number of imide groups is 2. The predicted octanol–water partition coefficient (Wildman–Crippen LogP) is 0.826. The molecule has 0 N–H and O–H groups in total. The summed E-state index contributed by atoms with van der Waals surface area (Å²) in [6, 6.07) is 6.71. The second kappa shape index (κ2) is 5.40. The van der Waals surface area contributed by atoms with Gasteiger partial charge in [-0.3, -0.25) is 29.0 Å². The van der Waals surface area contributed by atoms with Gasteiger partial charge in [0, 0.05) is 7.05 Å². The Hall–Kier alpha value is -2.70. The van der Waals surface area contributed by atoms with Crippen molar-refractivity contribution in [3.8, 4) is 5.75 Å². The lowest BCUT2D eigenvalue weighted by molar-refractivity contribution is -0.138. The van der Waals surface area contributed by atoms with Crippen LogP contribution in [0.2, 0.25) is 0 Å². The van der Waals surface area contributed by atoms with Crippen LogP contribution in [0.3, 0.4) is 0 Å². The molecule has 7 heteroatoms. The summed E-state index contributed by atoms with van der Waals surface area (Å²) >= 11 is 0. The highest BCUT2D eigenvalue weighted by atomic mass is 16.5. The van der Waals surface area contributed by atoms with Crippen molar-refractivity contribution in [2.75, 3.05) is 19.1 Å². The molecule has 1 aromatic rings. The first-order valence-electron chi connectivity index (χ1n) is 8.27. The van der Waals surface area contributed by atoms with Gasteiger partial charge < -0.3 is 4.74 Å². The lowest BCUT2D eigenvalue weighted by Crippen LogP contribution is -2.35. The number of nitrogens with zero attached hydrogens (tertiary/aromatic N) is 2. The maximum atomic E-state index is 12.8. The first-order valence-corrected chi connectivity index (χ1v) is 8.27. The summed E-state index contributed by atoms with van der Waals surface area (Å²) < 4.78 is 5.10. The standard InChI is InChI=1S/C18H18N2O5/c1-19-15(21)11-7-13-14(8-12(11)16(19)22)18(24)20(17(13)23)9-3-5-10(25-2)6-4-9/h3-6,11-14H,7-8H2,1-2H3. The van der Waals surface area contributed by atoms with Gasteiger partial charge in [0.15, 0.2) is 0 Å². The number of carbonyl (C=O) groups is 4. The summed E-state index contributed by atoms with van der Waals surface area (Å²) in [6.45, 7) is 0. The Morgan fingerprint density at radius 1 is 0.800 bits per heavy atom. The van der Waals surface area contributed by atoms with Crippen molar-refractivity contribution in [3.05, 3.63) is 24.3 Å². The molecule has 1 saturated carbocycles. The first kappa shape index (κ1) is 15.8. The van der Waals surface area contributed by atoms with E-state index in [2.05, 4.69) is 0 Å². The molecule has 0 spiro atoms. The second-order valence-corrected chi connectivity index (χ2v) is 6.84. The smallest absolute Gasteiger partial charge is 0.237 e. The van der Waals surface area contributed by atoms with E-state index in [1.807, 2.05) is 0 Å². The summed E-state index contributed by atoms with van der Waals surface area (Å²) in [5.41, 5.74) is 0.491. The molecule has 7 nitrogen and oxygen atoms in total. The van der Waals surface area contributed by atoms with Crippen LogP contribution in [0.25, 0.3) is 0 Å². The first-order chi connectivity index (χ1) is 11.9. The van der Waals surface area contributed by atoms with Crippen LogP contribution < -0.4 is 9.64 Å². The maximum absolute atomic E-state index is 12.8. The Morgan fingerprint density at radius 3 is 1.68 bits per heavy atom. The minimum atomic E-state index is -0.529. The zero-order valence-corrected chi connectivity index (χ0v) is 14.0. The van der Waals surface area contributed by atoms with Crippen molar-refractivity contribution in [2.45, 2.75) is 12.8 Å². The molecule has 2 saturated heterocycles. The number of fused-ring (bicyclic) bond motifs is 2. The predicted molar refractivity (Wildman–Crippen MR) is 86.5 cm³/mol. The molecule has 3 fully saturated rings. The van der Waals surface area contributed by atoms with Crippen LogP contribution >= 0.6 is 0 Å². The van der Waals surface area contributed by atoms with Crippen LogP contribution in [0.4, 0.5) is 5.69 Å². The van der Waals surface area contributed by atoms with Gasteiger partial charge in [-0.25, -0.2) is 0 Å². The van der Waals surface area contributed by atoms with Crippen molar-refractivity contribution >= 4 is 29.3 Å². The molecule has 4 unspecified atom stereocenters. The third-order valence-electron chi connectivity index (χ3n) is 5.69. The SMILES string of the molecule is COc1ccc(N2C(=O)C3CC4C(=O)N(C)C(=O)C4CC3C2=O)cc1. The molecule has 4 rings (SSSR count). The minimum Gasteiger partial charge on any atom is -0.497 e. The quantitative estimate of drug-likeness (QED) is 0.743. The van der Waals surface area contributed by atoms with Gasteiger partial charge in [0.05, 0.1) is 36.5 Å². The van der Waals surface area contributed by atoms with Crippen molar-refractivity contribution in [3.63, 3.8) is 0 Å². The van der Waals surface area contributed by atoms with E-state index in [1.54, 1.807) is 31.4 Å². The van der Waals surface area contributed by atoms with Crippen LogP contribution in [0, 0.1) is 23.7 Å². The van der Waals surface area contributed by atoms with E-state index in [0.29, 0.717) is 11.4 Å². The fourth-order valence-electron chi connectivity index (χ4n) is 4.33. The number of ether oxygens (including phenoxy) is 1. The molecule has 2 heterocycles. The number of amides is 4. The van der Waals surface area contributed by atoms with Crippen molar-refractivity contribution in [2.24, 2.45) is 23.7 Å². The molecule has 0 bridgehead atoms. The summed E-state index contributed by atoms with van der Waals surface area (Å²) in [7, 11) is 3.01. The van der Waals surface area contributed by atoms with E-state index in [9.17, 15) is 19.2 Å². The molecule has 130 valence electrons. The molecule has 25 heavy (non-hydrogen) atoms. The Balaban J connectivity index is 1.64. The van der Waals surface area contributed by atoms with Gasteiger partial charge in [-0.2, -0.15) is 0 Å². The summed E-state index contributed by atoms with van der Waals surface area (Å²) in [5, 5.41) is 0. The highest BCUT2D eigenvalue weighted by molar-refractivity contribution is 6.22. The highest BCUT2D eigenvalue weighted by Crippen LogP contribution is 2.48. The molecule has 0 radical (unpaired) electrons. The molecule has 1 aliphatic carbocycles. The molecular weight excluding hydrogens is 324 g/mol. The molecule has 4 amide bonds. The van der Waals surface area contributed by atoms with E-state index < -0.39 is 23.7 Å². The second-order valence-electron chi connectivity index (χ2n) is 6.84. The Morgan fingerprint density at radius 2 is 1.24 bits per heavy atom. The zero-order valence-electron chi connectivity index (χ0n) is 14.0. The lowest BCUT2D eigenvalue weighted by atomic mass is 9.70. The minimum absolute atomic E-state index is 0.239. The van der Waals surface area contributed by atoms with Crippen molar-refractivity contribution < 1.29 is 23.9 Å². The average molecular weight is 342 g/mol. The van der Waals surface area contributed by atoms with Crippen LogP contribution in [0.15, 0.2) is 24.3 Å². The molecule has 0 aromatic heterocycles. The van der Waals surface area contributed by atoms with Crippen molar-refractivity contribution in [1.82, 2.24) is 4.90 Å². The monoisotopic (exact) mass is 342 g/mol. The lowest BCUT2D eigenvalue weighted by Gasteiger charge is -2.28. The van der Waals surface area contributed by atoms with Crippen LogP contribution in [-0.2, 0) is 19.2 Å². The van der Waals surface area contributed by atoms with Crippen LogP contribution in [0.1, 0.15) is 12.8 Å². The highest BCUT2D eigenvalue weighted by Gasteiger charge is 2.59. The van der Waals surface area contributed by atoms with E-state index in [-0.39, 0.29) is 36.5 Å². The molecule has 2 aliphatic heterocycles. The fourth-order valence-corrected chi connectivity index (χ4v) is 4.33. The largest absolute Gasteiger partial charge is 0.497 e. The van der Waals surface area contributed by atoms with Gasteiger partial charge in [0.2, 0.25) is 23.6 Å². The van der Waals surface area contributed by atoms with Gasteiger partial charge in [-0.05, 0) is 37.1 Å². The van der Waals surface area contributed by atoms with Gasteiger partial charge in [0.25, 0.3) is 0 Å².